The van der Waals surface area contributed by atoms with Crippen molar-refractivity contribution < 1.29 is 19.1 Å². The highest BCUT2D eigenvalue weighted by molar-refractivity contribution is 5.77. The average Bonchev–Trinajstić information content (AvgIpc) is 2.34. The van der Waals surface area contributed by atoms with Gasteiger partial charge in [-0.2, -0.15) is 0 Å². The fourth-order valence-electron chi connectivity index (χ4n) is 1.52. The number of rotatable bonds is 6. The van der Waals surface area contributed by atoms with Crippen LogP contribution in [-0.4, -0.2) is 35.5 Å². The summed E-state index contributed by atoms with van der Waals surface area (Å²) in [5, 5.41) is 8.50. The molecule has 0 heterocycles. The number of amides is 1. The molecule has 0 radical (unpaired) electrons. The maximum absolute atomic E-state index is 13.3. The van der Waals surface area contributed by atoms with Crippen molar-refractivity contribution in [3.63, 3.8) is 0 Å². The molecule has 0 aliphatic heterocycles. The van der Waals surface area contributed by atoms with Gasteiger partial charge in [-0.3, -0.25) is 9.59 Å². The van der Waals surface area contributed by atoms with E-state index >= 15 is 0 Å². The van der Waals surface area contributed by atoms with E-state index in [2.05, 4.69) is 0 Å². The number of nitrogens with zero attached hydrogens (tertiary/aromatic N) is 1. The number of aliphatic carboxylic acids is 1. The molecule has 0 fully saturated rings. The van der Waals surface area contributed by atoms with Gasteiger partial charge in [-0.1, -0.05) is 18.2 Å². The van der Waals surface area contributed by atoms with E-state index in [-0.39, 0.29) is 31.1 Å². The topological polar surface area (TPSA) is 57.6 Å². The second kappa shape index (κ2) is 6.74. The molecule has 0 aliphatic rings. The van der Waals surface area contributed by atoms with Crippen molar-refractivity contribution in [1.82, 2.24) is 4.90 Å². The normalized spacial score (nSPS) is 10.1. The number of hydrogen-bond donors (Lipinski definition) is 1. The van der Waals surface area contributed by atoms with Gasteiger partial charge in [0.25, 0.3) is 0 Å². The smallest absolute Gasteiger partial charge is 0.305 e. The molecule has 0 saturated carbocycles. The molecule has 0 aromatic heterocycles. The summed E-state index contributed by atoms with van der Waals surface area (Å²) in [6, 6.07) is 6.31. The first-order valence-corrected chi connectivity index (χ1v) is 5.70. The minimum absolute atomic E-state index is 0.0814. The predicted molar refractivity (Wildman–Crippen MR) is 64.6 cm³/mol. The van der Waals surface area contributed by atoms with Gasteiger partial charge < -0.3 is 10.0 Å². The summed E-state index contributed by atoms with van der Waals surface area (Å²) >= 11 is 0. The lowest BCUT2D eigenvalue weighted by Gasteiger charge is -2.15. The zero-order valence-corrected chi connectivity index (χ0v) is 10.2. The van der Waals surface area contributed by atoms with Crippen molar-refractivity contribution in [2.24, 2.45) is 0 Å². The standard InChI is InChI=1S/C13H16FNO3/c1-15(9-8-13(17)18)12(16)7-6-10-4-2-3-5-11(10)14/h2-5H,6-9H2,1H3,(H,17,18). The third-order valence-electron chi connectivity index (χ3n) is 2.65. The van der Waals surface area contributed by atoms with Crippen LogP contribution in [0.5, 0.6) is 0 Å². The van der Waals surface area contributed by atoms with Crippen molar-refractivity contribution in [2.45, 2.75) is 19.3 Å². The highest BCUT2D eigenvalue weighted by Gasteiger charge is 2.11. The summed E-state index contributed by atoms with van der Waals surface area (Å²) < 4.78 is 13.3. The van der Waals surface area contributed by atoms with Crippen LogP contribution in [0.1, 0.15) is 18.4 Å². The molecule has 0 spiro atoms. The molecule has 0 unspecified atom stereocenters. The highest BCUT2D eigenvalue weighted by atomic mass is 19.1. The van der Waals surface area contributed by atoms with E-state index < -0.39 is 5.97 Å². The van der Waals surface area contributed by atoms with Gasteiger partial charge in [-0.25, -0.2) is 4.39 Å². The fourth-order valence-corrected chi connectivity index (χ4v) is 1.52. The first-order chi connectivity index (χ1) is 8.50. The van der Waals surface area contributed by atoms with E-state index in [9.17, 15) is 14.0 Å². The zero-order valence-electron chi connectivity index (χ0n) is 10.2. The predicted octanol–water partition coefficient (Wildman–Crippen LogP) is 1.69. The monoisotopic (exact) mass is 253 g/mol. The van der Waals surface area contributed by atoms with Crippen LogP contribution in [0.4, 0.5) is 4.39 Å². The van der Waals surface area contributed by atoms with E-state index in [0.29, 0.717) is 12.0 Å². The Morgan fingerprint density at radius 2 is 1.94 bits per heavy atom. The Morgan fingerprint density at radius 1 is 1.28 bits per heavy atom. The van der Waals surface area contributed by atoms with Gasteiger partial charge >= 0.3 is 5.97 Å². The summed E-state index contributed by atoms with van der Waals surface area (Å²) in [7, 11) is 1.55. The maximum Gasteiger partial charge on any atom is 0.305 e. The van der Waals surface area contributed by atoms with Gasteiger partial charge in [-0.05, 0) is 18.1 Å². The fraction of sp³-hybridized carbons (Fsp3) is 0.385. The van der Waals surface area contributed by atoms with Crippen LogP contribution in [0.25, 0.3) is 0 Å². The summed E-state index contributed by atoms with van der Waals surface area (Å²) in [6.45, 7) is 0.172. The minimum atomic E-state index is -0.941. The Kier molecular flexibility index (Phi) is 5.30. The van der Waals surface area contributed by atoms with Crippen molar-refractivity contribution in [3.8, 4) is 0 Å². The third-order valence-corrected chi connectivity index (χ3v) is 2.65. The lowest BCUT2D eigenvalue weighted by atomic mass is 10.1. The Morgan fingerprint density at radius 3 is 2.56 bits per heavy atom. The van der Waals surface area contributed by atoms with Gasteiger partial charge in [0.15, 0.2) is 0 Å². The van der Waals surface area contributed by atoms with Crippen molar-refractivity contribution in [1.29, 1.82) is 0 Å². The quantitative estimate of drug-likeness (QED) is 0.839. The van der Waals surface area contributed by atoms with Gasteiger partial charge in [0, 0.05) is 20.0 Å². The SMILES string of the molecule is CN(CCC(=O)O)C(=O)CCc1ccccc1F. The highest BCUT2D eigenvalue weighted by Crippen LogP contribution is 2.09. The number of hydrogen-bond acceptors (Lipinski definition) is 2. The molecule has 0 atom stereocenters. The molecule has 5 heteroatoms. The average molecular weight is 253 g/mol. The summed E-state index contributed by atoms with van der Waals surface area (Å²) in [6.07, 6.45) is 0.419. The molecular formula is C13H16FNO3. The molecule has 1 aromatic carbocycles. The first-order valence-electron chi connectivity index (χ1n) is 5.70. The molecule has 1 aromatic rings. The van der Waals surface area contributed by atoms with E-state index in [1.165, 1.54) is 11.0 Å². The zero-order chi connectivity index (χ0) is 13.5. The van der Waals surface area contributed by atoms with Crippen LogP contribution in [0.2, 0.25) is 0 Å². The van der Waals surface area contributed by atoms with Gasteiger partial charge in [0.1, 0.15) is 5.82 Å². The molecule has 98 valence electrons. The Hall–Kier alpha value is -1.91. The largest absolute Gasteiger partial charge is 0.481 e. The Balaban J connectivity index is 2.41. The van der Waals surface area contributed by atoms with Crippen LogP contribution in [0, 0.1) is 5.82 Å². The molecular weight excluding hydrogens is 237 g/mol. The van der Waals surface area contributed by atoms with Crippen molar-refractivity contribution in [3.05, 3.63) is 35.6 Å². The van der Waals surface area contributed by atoms with E-state index in [0.717, 1.165) is 0 Å². The van der Waals surface area contributed by atoms with Crippen LogP contribution in [0.3, 0.4) is 0 Å². The van der Waals surface area contributed by atoms with Crippen molar-refractivity contribution >= 4 is 11.9 Å². The number of halogens is 1. The molecule has 0 saturated heterocycles. The molecule has 1 N–H and O–H groups in total. The minimum Gasteiger partial charge on any atom is -0.481 e. The maximum atomic E-state index is 13.3. The van der Waals surface area contributed by atoms with E-state index in [1.54, 1.807) is 25.2 Å². The lowest BCUT2D eigenvalue weighted by molar-refractivity contribution is -0.138. The van der Waals surface area contributed by atoms with Crippen LogP contribution >= 0.6 is 0 Å². The first kappa shape index (κ1) is 14.2. The molecule has 18 heavy (non-hydrogen) atoms. The van der Waals surface area contributed by atoms with Crippen LogP contribution in [-0.2, 0) is 16.0 Å². The molecule has 1 rings (SSSR count). The molecule has 4 nitrogen and oxygen atoms in total. The van der Waals surface area contributed by atoms with Crippen LogP contribution in [0.15, 0.2) is 24.3 Å². The molecule has 0 aliphatic carbocycles. The third kappa shape index (κ3) is 4.53. The van der Waals surface area contributed by atoms with Gasteiger partial charge in [0.2, 0.25) is 5.91 Å². The summed E-state index contributed by atoms with van der Waals surface area (Å²) in [5.74, 6) is -1.44. The number of carbonyl (C=O) groups is 2. The van der Waals surface area contributed by atoms with Gasteiger partial charge in [-0.15, -0.1) is 0 Å². The van der Waals surface area contributed by atoms with Gasteiger partial charge in [0.05, 0.1) is 6.42 Å². The summed E-state index contributed by atoms with van der Waals surface area (Å²) in [4.78, 5) is 23.4. The number of aryl methyl sites for hydroxylation is 1. The number of carboxylic acid groups (broad SMARTS) is 1. The van der Waals surface area contributed by atoms with Crippen LogP contribution < -0.4 is 0 Å². The summed E-state index contributed by atoms with van der Waals surface area (Å²) in [5.41, 5.74) is 0.498. The van der Waals surface area contributed by atoms with Crippen molar-refractivity contribution in [2.75, 3.05) is 13.6 Å². The number of benzene rings is 1. The second-order valence-electron chi connectivity index (χ2n) is 4.05. The van der Waals surface area contributed by atoms with E-state index in [1.807, 2.05) is 0 Å². The number of carboxylic acids is 1. The molecule has 1 amide bonds. The molecule has 0 bridgehead atoms. The Labute approximate surface area is 105 Å². The Bertz CT molecular complexity index is 434. The lowest BCUT2D eigenvalue weighted by Crippen LogP contribution is -2.29. The second-order valence-corrected chi connectivity index (χ2v) is 4.05. The van der Waals surface area contributed by atoms with E-state index in [4.69, 9.17) is 5.11 Å². The number of carbonyl (C=O) groups excluding carboxylic acids is 1.